The van der Waals surface area contributed by atoms with Crippen molar-refractivity contribution in [2.24, 2.45) is 0 Å². The lowest BCUT2D eigenvalue weighted by atomic mass is 10.0. The Morgan fingerprint density at radius 1 is 0.972 bits per heavy atom. The van der Waals surface area contributed by atoms with E-state index in [1.807, 2.05) is 56.3 Å². The number of ether oxygens (including phenoxy) is 1. The summed E-state index contributed by atoms with van der Waals surface area (Å²) in [7, 11) is 0. The van der Waals surface area contributed by atoms with E-state index in [2.05, 4.69) is 16.7 Å². The molecule has 36 heavy (non-hydrogen) atoms. The van der Waals surface area contributed by atoms with Crippen molar-refractivity contribution in [3.63, 3.8) is 0 Å². The van der Waals surface area contributed by atoms with Crippen LogP contribution in [-0.2, 0) is 17.6 Å². The molecule has 192 valence electrons. The van der Waals surface area contributed by atoms with Gasteiger partial charge in [0.1, 0.15) is 11.6 Å². The lowest BCUT2D eigenvalue weighted by molar-refractivity contribution is -0.00901. The molecule has 7 heteroatoms. The third-order valence-corrected chi connectivity index (χ3v) is 6.53. The van der Waals surface area contributed by atoms with Gasteiger partial charge in [0.05, 0.1) is 18.8 Å². The fourth-order valence-corrected chi connectivity index (χ4v) is 4.60. The van der Waals surface area contributed by atoms with Gasteiger partial charge in [0.2, 0.25) is 0 Å². The van der Waals surface area contributed by atoms with Crippen molar-refractivity contribution in [3.8, 4) is 11.4 Å². The Kier molecular flexibility index (Phi) is 9.02. The Bertz CT molecular complexity index is 1120. The zero-order chi connectivity index (χ0) is 25.5. The van der Waals surface area contributed by atoms with E-state index in [-0.39, 0.29) is 11.9 Å². The van der Waals surface area contributed by atoms with E-state index in [0.29, 0.717) is 31.0 Å². The number of rotatable bonds is 10. The number of benzene rings is 2. The predicted octanol–water partition coefficient (Wildman–Crippen LogP) is 4.34. The fourth-order valence-electron chi connectivity index (χ4n) is 4.60. The highest BCUT2D eigenvalue weighted by atomic mass is 19.1. The van der Waals surface area contributed by atoms with Crippen LogP contribution in [0, 0.1) is 5.82 Å². The highest BCUT2D eigenvalue weighted by molar-refractivity contribution is 5.61. The van der Waals surface area contributed by atoms with Gasteiger partial charge in [0.25, 0.3) is 0 Å². The number of hydrogen-bond donors (Lipinski definition) is 1. The topological polar surface area (TPSA) is 61.7 Å². The number of aromatic nitrogens is 2. The predicted molar refractivity (Wildman–Crippen MR) is 142 cm³/mol. The zero-order valence-electron chi connectivity index (χ0n) is 21.5. The first kappa shape index (κ1) is 26.2. The van der Waals surface area contributed by atoms with Crippen LogP contribution >= 0.6 is 0 Å². The first-order valence-corrected chi connectivity index (χ1v) is 12.9. The number of aliphatic hydroxyl groups is 1. The summed E-state index contributed by atoms with van der Waals surface area (Å²) in [5.74, 6) is 1.37. The highest BCUT2D eigenvalue weighted by Crippen LogP contribution is 2.29. The fraction of sp³-hybridized carbons (Fsp3) is 0.448. The molecular weight excluding hydrogens is 455 g/mol. The molecule has 0 bridgehead atoms. The second-order valence-electron chi connectivity index (χ2n) is 9.61. The third-order valence-electron chi connectivity index (χ3n) is 6.53. The van der Waals surface area contributed by atoms with Crippen molar-refractivity contribution < 1.29 is 14.2 Å². The molecule has 3 aromatic rings. The lowest BCUT2D eigenvalue weighted by Gasteiger charge is -2.37. The molecule has 0 amide bonds. The van der Waals surface area contributed by atoms with Crippen LogP contribution < -0.4 is 4.90 Å². The maximum absolute atomic E-state index is 14.6. The van der Waals surface area contributed by atoms with Gasteiger partial charge in [0, 0.05) is 56.0 Å². The summed E-state index contributed by atoms with van der Waals surface area (Å²) < 4.78 is 20.2. The summed E-state index contributed by atoms with van der Waals surface area (Å²) in [4.78, 5) is 14.5. The highest BCUT2D eigenvalue weighted by Gasteiger charge is 2.25. The SMILES string of the molecule is CCc1nc(-c2ccccc2)nc(N2CCN(C[C@@H](O)COC(C)C)CC2)c1Cc1ccccc1F. The molecule has 1 aromatic heterocycles. The van der Waals surface area contributed by atoms with Gasteiger partial charge >= 0.3 is 0 Å². The quantitative estimate of drug-likeness (QED) is 0.454. The molecule has 1 aliphatic heterocycles. The summed E-state index contributed by atoms with van der Waals surface area (Å²) in [6, 6.07) is 16.9. The monoisotopic (exact) mass is 492 g/mol. The maximum atomic E-state index is 14.6. The van der Waals surface area contributed by atoms with Crippen molar-refractivity contribution in [1.29, 1.82) is 0 Å². The van der Waals surface area contributed by atoms with Gasteiger partial charge in [-0.05, 0) is 31.9 Å². The van der Waals surface area contributed by atoms with E-state index < -0.39 is 6.10 Å². The maximum Gasteiger partial charge on any atom is 0.161 e. The van der Waals surface area contributed by atoms with Crippen LogP contribution in [0.4, 0.5) is 10.2 Å². The second-order valence-corrected chi connectivity index (χ2v) is 9.61. The largest absolute Gasteiger partial charge is 0.389 e. The molecule has 0 radical (unpaired) electrons. The normalized spacial score (nSPS) is 15.4. The minimum Gasteiger partial charge on any atom is -0.389 e. The van der Waals surface area contributed by atoms with Crippen LogP contribution in [0.15, 0.2) is 54.6 Å². The van der Waals surface area contributed by atoms with E-state index in [1.54, 1.807) is 6.07 Å². The van der Waals surface area contributed by atoms with Gasteiger partial charge in [-0.25, -0.2) is 14.4 Å². The van der Waals surface area contributed by atoms with Gasteiger partial charge in [-0.2, -0.15) is 0 Å². The van der Waals surface area contributed by atoms with Crippen LogP contribution in [0.3, 0.4) is 0 Å². The van der Waals surface area contributed by atoms with Crippen molar-refractivity contribution >= 4 is 5.82 Å². The molecule has 1 atom stereocenters. The third kappa shape index (κ3) is 6.66. The Balaban J connectivity index is 1.60. The van der Waals surface area contributed by atoms with E-state index >= 15 is 0 Å². The Hall–Kier alpha value is -2.87. The standard InChI is InChI=1S/C29H37FN4O2/c1-4-27-25(18-23-12-8-9-13-26(23)30)29(32-28(31-27)22-10-6-5-7-11-22)34-16-14-33(15-17-34)19-24(35)20-36-21(2)3/h5-13,21,24,35H,4,14-20H2,1-3H3/t24-/m1/s1. The molecule has 1 N–H and O–H groups in total. The van der Waals surface area contributed by atoms with Gasteiger partial charge < -0.3 is 14.7 Å². The molecule has 0 unspecified atom stereocenters. The molecule has 2 heterocycles. The summed E-state index contributed by atoms with van der Waals surface area (Å²) in [6.07, 6.45) is 0.784. The van der Waals surface area contributed by atoms with Crippen LogP contribution in [0.5, 0.6) is 0 Å². The summed E-state index contributed by atoms with van der Waals surface area (Å²) in [5.41, 5.74) is 3.56. The first-order chi connectivity index (χ1) is 17.4. The molecule has 0 saturated carbocycles. The molecule has 1 aliphatic rings. The number of halogens is 1. The minimum atomic E-state index is -0.508. The number of aliphatic hydroxyl groups excluding tert-OH is 1. The summed E-state index contributed by atoms with van der Waals surface area (Å²) >= 11 is 0. The average molecular weight is 493 g/mol. The Morgan fingerprint density at radius 2 is 1.67 bits per heavy atom. The first-order valence-electron chi connectivity index (χ1n) is 12.9. The summed E-state index contributed by atoms with van der Waals surface area (Å²) in [6.45, 7) is 10.1. The zero-order valence-corrected chi connectivity index (χ0v) is 21.5. The van der Waals surface area contributed by atoms with Crippen molar-refractivity contribution in [3.05, 3.63) is 77.2 Å². The molecule has 2 aromatic carbocycles. The smallest absolute Gasteiger partial charge is 0.161 e. The van der Waals surface area contributed by atoms with E-state index in [0.717, 1.165) is 55.2 Å². The average Bonchev–Trinajstić information content (AvgIpc) is 2.90. The van der Waals surface area contributed by atoms with Gasteiger partial charge in [-0.3, -0.25) is 4.90 Å². The van der Waals surface area contributed by atoms with Crippen molar-refractivity contribution in [2.45, 2.75) is 45.8 Å². The molecule has 6 nitrogen and oxygen atoms in total. The van der Waals surface area contributed by atoms with E-state index in [9.17, 15) is 9.50 Å². The van der Waals surface area contributed by atoms with E-state index in [1.165, 1.54) is 6.07 Å². The molecule has 4 rings (SSSR count). The van der Waals surface area contributed by atoms with E-state index in [4.69, 9.17) is 14.7 Å². The van der Waals surface area contributed by atoms with Crippen LogP contribution in [0.25, 0.3) is 11.4 Å². The lowest BCUT2D eigenvalue weighted by Crippen LogP contribution is -2.49. The van der Waals surface area contributed by atoms with Crippen LogP contribution in [-0.4, -0.2) is 71.5 Å². The number of hydrogen-bond acceptors (Lipinski definition) is 6. The van der Waals surface area contributed by atoms with Gasteiger partial charge in [-0.15, -0.1) is 0 Å². The molecule has 0 aliphatic carbocycles. The van der Waals surface area contributed by atoms with Crippen LogP contribution in [0.2, 0.25) is 0 Å². The number of piperazine rings is 1. The molecule has 0 spiro atoms. The Labute approximate surface area is 213 Å². The molecular formula is C29H37FN4O2. The van der Waals surface area contributed by atoms with Crippen molar-refractivity contribution in [2.75, 3.05) is 44.2 Å². The minimum absolute atomic E-state index is 0.105. The van der Waals surface area contributed by atoms with Crippen LogP contribution in [0.1, 0.15) is 37.6 Å². The number of aryl methyl sites for hydroxylation is 1. The number of nitrogens with zero attached hydrogens (tertiary/aromatic N) is 4. The number of anilines is 1. The van der Waals surface area contributed by atoms with Crippen molar-refractivity contribution in [1.82, 2.24) is 14.9 Å². The number of β-amino-alcohol motifs (C(OH)–C–C–N with tert-alkyl or cyclic N) is 1. The summed E-state index contributed by atoms with van der Waals surface area (Å²) in [5, 5.41) is 10.4. The van der Waals surface area contributed by atoms with Gasteiger partial charge in [0.15, 0.2) is 5.82 Å². The molecule has 1 saturated heterocycles. The molecule has 1 fully saturated rings. The second kappa shape index (κ2) is 12.4. The van der Waals surface area contributed by atoms with Gasteiger partial charge in [-0.1, -0.05) is 55.5 Å². The Morgan fingerprint density at radius 3 is 2.33 bits per heavy atom.